The van der Waals surface area contributed by atoms with Crippen LogP contribution in [0.5, 0.6) is 5.75 Å². The van der Waals surface area contributed by atoms with Gasteiger partial charge in [-0.15, -0.1) is 0 Å². The van der Waals surface area contributed by atoms with E-state index >= 15 is 0 Å². The van der Waals surface area contributed by atoms with Crippen molar-refractivity contribution < 1.29 is 31.6 Å². The molecule has 5 heterocycles. The summed E-state index contributed by atoms with van der Waals surface area (Å²) >= 11 is 0. The maximum Gasteiger partial charge on any atom is 0.471 e. The van der Waals surface area contributed by atoms with Gasteiger partial charge in [-0.3, -0.25) is 9.00 Å². The average molecular weight is 594 g/mol. The number of alkyl halides is 3. The monoisotopic (exact) mass is 593 g/mol. The van der Waals surface area contributed by atoms with Crippen LogP contribution in [0.15, 0.2) is 23.1 Å². The molecule has 2 fully saturated rings. The fourth-order valence-corrected chi connectivity index (χ4v) is 7.30. The molecule has 0 radical (unpaired) electrons. The zero-order chi connectivity index (χ0) is 28.6. The number of piperidine rings is 1. The maximum absolute atomic E-state index is 12.9. The minimum atomic E-state index is -4.85. The average Bonchev–Trinajstić information content (AvgIpc) is 3.21. The first-order valence-electron chi connectivity index (χ1n) is 14.3. The second kappa shape index (κ2) is 11.7. The fourth-order valence-electron chi connectivity index (χ4n) is 5.98. The van der Waals surface area contributed by atoms with E-state index in [1.807, 2.05) is 18.2 Å². The molecule has 41 heavy (non-hydrogen) atoms. The Morgan fingerprint density at radius 3 is 2.46 bits per heavy atom. The van der Waals surface area contributed by atoms with Gasteiger partial charge in [-0.25, -0.2) is 4.98 Å². The number of fused-ring (bicyclic) bond motifs is 2. The number of halogens is 3. The minimum absolute atomic E-state index is 0.0138. The van der Waals surface area contributed by atoms with Crippen molar-refractivity contribution in [3.05, 3.63) is 35.0 Å². The Bertz CT molecular complexity index is 1310. The van der Waals surface area contributed by atoms with Gasteiger partial charge in [-0.1, -0.05) is 6.07 Å². The van der Waals surface area contributed by atoms with Crippen LogP contribution >= 0.6 is 0 Å². The summed E-state index contributed by atoms with van der Waals surface area (Å²) in [5.74, 6) is 0.825. The number of amides is 1. The van der Waals surface area contributed by atoms with E-state index in [4.69, 9.17) is 19.4 Å². The normalized spacial score (nSPS) is 22.2. The molecule has 1 atom stereocenters. The third-order valence-corrected chi connectivity index (χ3v) is 9.73. The molecule has 0 spiro atoms. The van der Waals surface area contributed by atoms with E-state index in [-0.39, 0.29) is 25.2 Å². The topological polar surface area (TPSA) is 96.9 Å². The zero-order valence-electron chi connectivity index (χ0n) is 22.8. The summed E-state index contributed by atoms with van der Waals surface area (Å²) in [6, 6.07) is 5.91. The number of carbonyl (C=O) groups is 1. The molecule has 1 amide bonds. The Kier molecular flexibility index (Phi) is 8.08. The summed E-state index contributed by atoms with van der Waals surface area (Å²) in [7, 11) is -1.09. The second-order valence-corrected chi connectivity index (χ2v) is 12.5. The SMILES string of the molecule is O=C(N1CCc2ccc(OC3CCN(c4nc5c(c(NC6CCOCC6)n4)S(=O)CC5)CC3)cc2CC1)C(F)(F)F. The summed E-state index contributed by atoms with van der Waals surface area (Å²) in [5.41, 5.74) is 2.73. The number of rotatable bonds is 5. The quantitative estimate of drug-likeness (QED) is 0.565. The lowest BCUT2D eigenvalue weighted by Gasteiger charge is -2.33. The first kappa shape index (κ1) is 28.2. The molecule has 0 bridgehead atoms. The van der Waals surface area contributed by atoms with Crippen LogP contribution in [0.1, 0.15) is 42.5 Å². The van der Waals surface area contributed by atoms with E-state index in [9.17, 15) is 22.2 Å². The van der Waals surface area contributed by atoms with Crippen molar-refractivity contribution in [2.75, 3.05) is 55.4 Å². The van der Waals surface area contributed by atoms with E-state index in [0.717, 1.165) is 52.3 Å². The number of aromatic nitrogens is 2. The smallest absolute Gasteiger partial charge is 0.471 e. The highest BCUT2D eigenvalue weighted by Gasteiger charge is 2.42. The number of benzene rings is 1. The van der Waals surface area contributed by atoms with Gasteiger partial charge in [0, 0.05) is 70.4 Å². The Morgan fingerprint density at radius 1 is 1.00 bits per heavy atom. The molecule has 222 valence electrons. The zero-order valence-corrected chi connectivity index (χ0v) is 23.6. The molecule has 2 aromatic rings. The van der Waals surface area contributed by atoms with Gasteiger partial charge >= 0.3 is 12.1 Å². The van der Waals surface area contributed by atoms with Gasteiger partial charge < -0.3 is 24.6 Å². The summed E-state index contributed by atoms with van der Waals surface area (Å²) in [6.45, 7) is 2.92. The van der Waals surface area contributed by atoms with E-state index in [0.29, 0.717) is 68.8 Å². The van der Waals surface area contributed by atoms with E-state index in [2.05, 4.69) is 10.2 Å². The van der Waals surface area contributed by atoms with E-state index < -0.39 is 22.9 Å². The van der Waals surface area contributed by atoms with Crippen LogP contribution in [0.4, 0.5) is 24.9 Å². The maximum atomic E-state index is 12.9. The summed E-state index contributed by atoms with van der Waals surface area (Å²) < 4.78 is 63.2. The highest BCUT2D eigenvalue weighted by atomic mass is 32.2. The predicted octanol–water partition coefficient (Wildman–Crippen LogP) is 3.27. The highest BCUT2D eigenvalue weighted by Crippen LogP contribution is 2.32. The van der Waals surface area contributed by atoms with Crippen molar-refractivity contribution in [3.63, 3.8) is 0 Å². The molecule has 1 N–H and O–H groups in total. The highest BCUT2D eigenvalue weighted by molar-refractivity contribution is 7.85. The molecule has 6 rings (SSSR count). The number of nitrogens with zero attached hydrogens (tertiary/aromatic N) is 4. The van der Waals surface area contributed by atoms with Crippen LogP contribution in [-0.4, -0.2) is 88.5 Å². The molecule has 4 aliphatic heterocycles. The van der Waals surface area contributed by atoms with E-state index in [1.54, 1.807) is 0 Å². The second-order valence-electron chi connectivity index (χ2n) is 11.0. The molecule has 1 unspecified atom stereocenters. The number of hydrogen-bond donors (Lipinski definition) is 1. The van der Waals surface area contributed by atoms with Gasteiger partial charge in [0.1, 0.15) is 22.6 Å². The summed E-state index contributed by atoms with van der Waals surface area (Å²) in [5, 5.41) is 3.53. The predicted molar refractivity (Wildman–Crippen MR) is 147 cm³/mol. The third kappa shape index (κ3) is 6.30. The molecule has 4 aliphatic rings. The van der Waals surface area contributed by atoms with Crippen LogP contribution in [0, 0.1) is 0 Å². The lowest BCUT2D eigenvalue weighted by molar-refractivity contribution is -0.185. The number of aryl methyl sites for hydroxylation is 1. The Morgan fingerprint density at radius 2 is 1.73 bits per heavy atom. The molecular formula is C28H34F3N5O4S. The van der Waals surface area contributed by atoms with Gasteiger partial charge in [0.25, 0.3) is 0 Å². The lowest BCUT2D eigenvalue weighted by Crippen LogP contribution is -2.42. The number of carbonyl (C=O) groups excluding carboxylic acids is 1. The minimum Gasteiger partial charge on any atom is -0.490 e. The van der Waals surface area contributed by atoms with Crippen molar-refractivity contribution in [1.29, 1.82) is 0 Å². The Balaban J connectivity index is 1.08. The molecule has 0 saturated carbocycles. The van der Waals surface area contributed by atoms with Crippen molar-refractivity contribution in [2.45, 2.75) is 68.2 Å². The fraction of sp³-hybridized carbons (Fsp3) is 0.607. The molecule has 13 heteroatoms. The third-order valence-electron chi connectivity index (χ3n) is 8.28. The van der Waals surface area contributed by atoms with E-state index in [1.165, 1.54) is 0 Å². The number of ether oxygens (including phenoxy) is 2. The van der Waals surface area contributed by atoms with Gasteiger partial charge in [-0.2, -0.15) is 18.2 Å². The Hall–Kier alpha value is -2.93. The van der Waals surface area contributed by atoms with Crippen molar-refractivity contribution in [2.24, 2.45) is 0 Å². The molecular weight excluding hydrogens is 559 g/mol. The van der Waals surface area contributed by atoms with Gasteiger partial charge in [-0.05, 0) is 48.9 Å². The standard InChI is InChI=1S/C28H34F3N5O4S/c29-28(30,31)26(37)35-10-3-18-1-2-22(17-19(18)4-11-35)40-21-5-12-36(13-6-21)27-33-23-9-16-41(38)24(23)25(34-27)32-20-7-14-39-15-8-20/h1-2,17,20-21H,3-16H2,(H,32,33,34). The summed E-state index contributed by atoms with van der Waals surface area (Å²) in [4.78, 5) is 25.1. The van der Waals surface area contributed by atoms with Gasteiger partial charge in [0.15, 0.2) is 0 Å². The summed E-state index contributed by atoms with van der Waals surface area (Å²) in [6.07, 6.45) is -0.147. The number of hydrogen-bond acceptors (Lipinski definition) is 8. The molecule has 9 nitrogen and oxygen atoms in total. The van der Waals surface area contributed by atoms with Crippen LogP contribution in [-0.2, 0) is 39.6 Å². The largest absolute Gasteiger partial charge is 0.490 e. The number of anilines is 2. The molecule has 1 aromatic heterocycles. The van der Waals surface area contributed by atoms with Crippen LogP contribution in [0.3, 0.4) is 0 Å². The Labute approximate surface area is 239 Å². The first-order valence-corrected chi connectivity index (χ1v) is 15.6. The first-order chi connectivity index (χ1) is 19.7. The van der Waals surface area contributed by atoms with Crippen LogP contribution < -0.4 is 15.0 Å². The van der Waals surface area contributed by atoms with Gasteiger partial charge in [0.2, 0.25) is 5.95 Å². The number of nitrogens with one attached hydrogen (secondary N) is 1. The lowest BCUT2D eigenvalue weighted by atomic mass is 10.0. The molecule has 1 aromatic carbocycles. The van der Waals surface area contributed by atoms with Gasteiger partial charge in [0.05, 0.1) is 16.5 Å². The van der Waals surface area contributed by atoms with Crippen molar-refractivity contribution in [1.82, 2.24) is 14.9 Å². The molecule has 2 saturated heterocycles. The van der Waals surface area contributed by atoms with Crippen molar-refractivity contribution >= 4 is 28.5 Å². The molecule has 0 aliphatic carbocycles. The van der Waals surface area contributed by atoms with Crippen LogP contribution in [0.25, 0.3) is 0 Å². The van der Waals surface area contributed by atoms with Crippen LogP contribution in [0.2, 0.25) is 0 Å². The van der Waals surface area contributed by atoms with Crippen molar-refractivity contribution in [3.8, 4) is 5.75 Å².